The van der Waals surface area contributed by atoms with Gasteiger partial charge < -0.3 is 5.32 Å². The number of hydrogen-bond donors (Lipinski definition) is 2. The van der Waals surface area contributed by atoms with Crippen molar-refractivity contribution in [2.24, 2.45) is 0 Å². The van der Waals surface area contributed by atoms with Crippen LogP contribution in [-0.4, -0.2) is 37.0 Å². The number of benzene rings is 2. The summed E-state index contributed by atoms with van der Waals surface area (Å²) in [6.45, 7) is 1.53. The van der Waals surface area contributed by atoms with Gasteiger partial charge in [-0.25, -0.2) is 0 Å². The molecule has 2 aromatic carbocycles. The monoisotopic (exact) mass is 429 g/mol. The average molecular weight is 429 g/mol. The van der Waals surface area contributed by atoms with E-state index in [1.807, 2.05) is 6.92 Å². The van der Waals surface area contributed by atoms with E-state index in [4.69, 9.17) is 0 Å². The van der Waals surface area contributed by atoms with Gasteiger partial charge in [0.25, 0.3) is 20.3 Å². The molecular formula is C18H15N5O4S2. The number of para-hydroxylation sites is 2. The largest absolute Gasteiger partial charge is 0.323 e. The van der Waals surface area contributed by atoms with Crippen LogP contribution in [0.25, 0.3) is 0 Å². The van der Waals surface area contributed by atoms with Gasteiger partial charge in [0.15, 0.2) is 0 Å². The van der Waals surface area contributed by atoms with E-state index in [2.05, 4.69) is 20.8 Å². The first-order valence-corrected chi connectivity index (χ1v) is 10.7. The normalized spacial score (nSPS) is 13.6. The van der Waals surface area contributed by atoms with Gasteiger partial charge >= 0.3 is 0 Å². The molecule has 2 N–H and O–H groups in total. The Balaban J connectivity index is 1.60. The standard InChI is InChI=1S/C18H15N5O4S2/c1-11-6-8-12(9-7-11)16(25)20-17-21-22-18(28-17)29(26,27)23-10-15(24)19-13-4-2-3-5-14(13)23/h2-9H,10H2,1H3,(H,19,24)(H,20,21,25). The number of hydrogen-bond acceptors (Lipinski definition) is 7. The zero-order chi connectivity index (χ0) is 20.6. The average Bonchev–Trinajstić information content (AvgIpc) is 3.17. The summed E-state index contributed by atoms with van der Waals surface area (Å²) in [5.74, 6) is -0.877. The van der Waals surface area contributed by atoms with Gasteiger partial charge in [-0.15, -0.1) is 10.2 Å². The van der Waals surface area contributed by atoms with E-state index in [9.17, 15) is 18.0 Å². The van der Waals surface area contributed by atoms with Crippen LogP contribution in [0.5, 0.6) is 0 Å². The quantitative estimate of drug-likeness (QED) is 0.614. The van der Waals surface area contributed by atoms with E-state index in [0.29, 0.717) is 16.9 Å². The van der Waals surface area contributed by atoms with E-state index in [1.54, 1.807) is 48.5 Å². The van der Waals surface area contributed by atoms with Crippen molar-refractivity contribution in [1.29, 1.82) is 0 Å². The summed E-state index contributed by atoms with van der Waals surface area (Å²) in [5, 5.41) is 12.7. The molecule has 29 heavy (non-hydrogen) atoms. The van der Waals surface area contributed by atoms with Gasteiger partial charge in [0.2, 0.25) is 11.0 Å². The predicted octanol–water partition coefficient (Wildman–Crippen LogP) is 2.25. The third-order valence-corrected chi connectivity index (χ3v) is 7.13. The minimum absolute atomic E-state index is 0.0453. The highest BCUT2D eigenvalue weighted by Gasteiger charge is 2.35. The first-order valence-electron chi connectivity index (χ1n) is 8.48. The van der Waals surface area contributed by atoms with Crippen LogP contribution in [0.15, 0.2) is 52.9 Å². The minimum atomic E-state index is -4.13. The van der Waals surface area contributed by atoms with Crippen molar-refractivity contribution < 1.29 is 18.0 Å². The van der Waals surface area contributed by atoms with Gasteiger partial charge in [-0.3, -0.25) is 19.2 Å². The van der Waals surface area contributed by atoms with Crippen LogP contribution in [0.2, 0.25) is 0 Å². The van der Waals surface area contributed by atoms with Crippen LogP contribution < -0.4 is 14.9 Å². The SMILES string of the molecule is Cc1ccc(C(=O)Nc2nnc(S(=O)(=O)N3CC(=O)Nc4ccccc43)s2)cc1. The van der Waals surface area contributed by atoms with Gasteiger partial charge in [0.1, 0.15) is 6.54 Å². The molecule has 0 saturated carbocycles. The smallest absolute Gasteiger partial charge is 0.294 e. The molecule has 1 aromatic heterocycles. The van der Waals surface area contributed by atoms with Crippen molar-refractivity contribution in [1.82, 2.24) is 10.2 Å². The van der Waals surface area contributed by atoms with Crippen molar-refractivity contribution in [3.8, 4) is 0 Å². The first-order chi connectivity index (χ1) is 13.8. The third-order valence-electron chi connectivity index (χ3n) is 4.19. The van der Waals surface area contributed by atoms with Crippen LogP contribution >= 0.6 is 11.3 Å². The van der Waals surface area contributed by atoms with Crippen molar-refractivity contribution in [2.75, 3.05) is 21.5 Å². The number of rotatable bonds is 4. The first kappa shape index (κ1) is 19.0. The molecule has 0 bridgehead atoms. The number of fused-ring (bicyclic) bond motifs is 1. The maximum atomic E-state index is 13.0. The topological polar surface area (TPSA) is 121 Å². The summed E-state index contributed by atoms with van der Waals surface area (Å²) in [6, 6.07) is 13.5. The Morgan fingerprint density at radius 1 is 1.14 bits per heavy atom. The third kappa shape index (κ3) is 3.69. The fourth-order valence-corrected chi connectivity index (χ4v) is 5.19. The summed E-state index contributed by atoms with van der Waals surface area (Å²) in [5.41, 5.74) is 2.16. The number of sulfonamides is 1. The molecule has 0 spiro atoms. The second-order valence-corrected chi connectivity index (χ2v) is 9.28. The number of amides is 2. The zero-order valence-corrected chi connectivity index (χ0v) is 16.8. The molecule has 2 amide bonds. The maximum absolute atomic E-state index is 13.0. The molecule has 0 radical (unpaired) electrons. The number of carbonyl (C=O) groups is 2. The molecule has 0 aliphatic carbocycles. The van der Waals surface area contributed by atoms with E-state index < -0.39 is 21.8 Å². The van der Waals surface area contributed by atoms with E-state index in [1.165, 1.54) is 0 Å². The van der Waals surface area contributed by atoms with Crippen LogP contribution in [0.1, 0.15) is 15.9 Å². The van der Waals surface area contributed by atoms with Crippen LogP contribution in [0.3, 0.4) is 0 Å². The Morgan fingerprint density at radius 3 is 2.62 bits per heavy atom. The molecule has 2 heterocycles. The summed E-state index contributed by atoms with van der Waals surface area (Å²) in [6.07, 6.45) is 0. The van der Waals surface area contributed by atoms with E-state index in [0.717, 1.165) is 21.2 Å². The zero-order valence-electron chi connectivity index (χ0n) is 15.1. The van der Waals surface area contributed by atoms with Crippen LogP contribution in [0, 0.1) is 6.92 Å². The fourth-order valence-electron chi connectivity index (χ4n) is 2.75. The molecule has 0 unspecified atom stereocenters. The highest BCUT2D eigenvalue weighted by atomic mass is 32.2. The lowest BCUT2D eigenvalue weighted by Gasteiger charge is -2.28. The van der Waals surface area contributed by atoms with Gasteiger partial charge in [-0.1, -0.05) is 41.2 Å². The Labute approximate surface area is 170 Å². The summed E-state index contributed by atoms with van der Waals surface area (Å²) < 4.78 is 26.7. The summed E-state index contributed by atoms with van der Waals surface area (Å²) >= 11 is 0.720. The number of aromatic nitrogens is 2. The van der Waals surface area contributed by atoms with Gasteiger partial charge in [-0.2, -0.15) is 8.42 Å². The number of carbonyl (C=O) groups excluding carboxylic acids is 2. The molecule has 1 aliphatic rings. The Bertz CT molecular complexity index is 1200. The number of anilines is 3. The lowest BCUT2D eigenvalue weighted by molar-refractivity contribution is -0.115. The molecule has 0 saturated heterocycles. The highest BCUT2D eigenvalue weighted by molar-refractivity contribution is 7.94. The van der Waals surface area contributed by atoms with Crippen molar-refractivity contribution >= 4 is 49.7 Å². The summed E-state index contributed by atoms with van der Waals surface area (Å²) in [4.78, 5) is 24.2. The van der Waals surface area contributed by atoms with Gasteiger partial charge in [-0.05, 0) is 31.2 Å². The van der Waals surface area contributed by atoms with Crippen molar-refractivity contribution in [3.05, 3.63) is 59.7 Å². The maximum Gasteiger partial charge on any atom is 0.294 e. The Morgan fingerprint density at radius 2 is 1.86 bits per heavy atom. The molecule has 0 fully saturated rings. The molecule has 1 aliphatic heterocycles. The van der Waals surface area contributed by atoms with Crippen LogP contribution in [0.4, 0.5) is 16.5 Å². The van der Waals surface area contributed by atoms with E-state index >= 15 is 0 Å². The molecular weight excluding hydrogens is 414 g/mol. The van der Waals surface area contributed by atoms with Crippen LogP contribution in [-0.2, 0) is 14.8 Å². The van der Waals surface area contributed by atoms with Crippen molar-refractivity contribution in [3.63, 3.8) is 0 Å². The highest BCUT2D eigenvalue weighted by Crippen LogP contribution is 2.34. The molecule has 4 rings (SSSR count). The fraction of sp³-hybridized carbons (Fsp3) is 0.111. The molecule has 0 atom stereocenters. The Hall–Kier alpha value is -3.31. The number of nitrogens with zero attached hydrogens (tertiary/aromatic N) is 3. The van der Waals surface area contributed by atoms with E-state index in [-0.39, 0.29) is 16.0 Å². The molecule has 148 valence electrons. The molecule has 9 nitrogen and oxygen atoms in total. The number of aryl methyl sites for hydroxylation is 1. The summed E-state index contributed by atoms with van der Waals surface area (Å²) in [7, 11) is -4.13. The lowest BCUT2D eigenvalue weighted by atomic mass is 10.1. The van der Waals surface area contributed by atoms with Gasteiger partial charge in [0.05, 0.1) is 11.4 Å². The molecule has 3 aromatic rings. The minimum Gasteiger partial charge on any atom is -0.323 e. The second-order valence-electron chi connectivity index (χ2n) is 6.27. The Kier molecular flexibility index (Phi) is 4.76. The molecule has 11 heteroatoms. The predicted molar refractivity (Wildman–Crippen MR) is 109 cm³/mol. The lowest BCUT2D eigenvalue weighted by Crippen LogP contribution is -2.42. The second kappa shape index (κ2) is 7.26. The number of nitrogens with one attached hydrogen (secondary N) is 2. The van der Waals surface area contributed by atoms with Crippen molar-refractivity contribution in [2.45, 2.75) is 11.3 Å². The van der Waals surface area contributed by atoms with Gasteiger partial charge in [0, 0.05) is 5.56 Å².